The summed E-state index contributed by atoms with van der Waals surface area (Å²) in [6.45, 7) is 4.59. The van der Waals surface area contributed by atoms with Crippen LogP contribution < -0.4 is 5.32 Å². The van der Waals surface area contributed by atoms with Crippen LogP contribution in [0.5, 0.6) is 0 Å². The van der Waals surface area contributed by atoms with Crippen LogP contribution in [0.3, 0.4) is 0 Å². The summed E-state index contributed by atoms with van der Waals surface area (Å²) in [5.41, 5.74) is 1.68. The third-order valence-corrected chi connectivity index (χ3v) is 5.18. The van der Waals surface area contributed by atoms with Crippen molar-refractivity contribution >= 4 is 16.8 Å². The van der Waals surface area contributed by atoms with Gasteiger partial charge in [0.15, 0.2) is 0 Å². The van der Waals surface area contributed by atoms with Gasteiger partial charge >= 0.3 is 0 Å². The summed E-state index contributed by atoms with van der Waals surface area (Å²) in [6, 6.07) is 6.40. The van der Waals surface area contributed by atoms with E-state index in [1.807, 2.05) is 18.2 Å². The second-order valence-electron chi connectivity index (χ2n) is 6.29. The lowest BCUT2D eigenvalue weighted by molar-refractivity contribution is 0.0217. The van der Waals surface area contributed by atoms with E-state index in [2.05, 4.69) is 27.3 Å². The SMILES string of the molecule is C[C@H]1[C@H](NC(=O)c2ccc3[nH]ncc3c2)C2CCN1CC2. The van der Waals surface area contributed by atoms with Crippen LogP contribution in [0, 0.1) is 5.92 Å². The van der Waals surface area contributed by atoms with Crippen molar-refractivity contribution < 1.29 is 4.79 Å². The topological polar surface area (TPSA) is 61.0 Å². The second kappa shape index (κ2) is 4.84. The van der Waals surface area contributed by atoms with Gasteiger partial charge in [0.25, 0.3) is 5.91 Å². The molecule has 5 rings (SSSR count). The van der Waals surface area contributed by atoms with E-state index in [9.17, 15) is 4.79 Å². The van der Waals surface area contributed by atoms with Gasteiger partial charge in [-0.05, 0) is 57.0 Å². The van der Waals surface area contributed by atoms with Crippen molar-refractivity contribution in [3.63, 3.8) is 0 Å². The van der Waals surface area contributed by atoms with E-state index < -0.39 is 0 Å². The van der Waals surface area contributed by atoms with Crippen molar-refractivity contribution in [1.29, 1.82) is 0 Å². The normalized spacial score (nSPS) is 31.5. The molecule has 0 aliphatic carbocycles. The van der Waals surface area contributed by atoms with Crippen molar-refractivity contribution in [2.75, 3.05) is 13.1 Å². The van der Waals surface area contributed by atoms with Crippen LogP contribution in [-0.4, -0.2) is 46.2 Å². The zero-order valence-corrected chi connectivity index (χ0v) is 12.2. The highest BCUT2D eigenvalue weighted by Crippen LogP contribution is 2.32. The Morgan fingerprint density at radius 1 is 1.38 bits per heavy atom. The van der Waals surface area contributed by atoms with Gasteiger partial charge in [0.1, 0.15) is 0 Å². The average molecular weight is 284 g/mol. The monoisotopic (exact) mass is 284 g/mol. The van der Waals surface area contributed by atoms with Gasteiger partial charge in [0.05, 0.1) is 11.7 Å². The second-order valence-corrected chi connectivity index (χ2v) is 6.29. The van der Waals surface area contributed by atoms with Crippen molar-refractivity contribution in [3.05, 3.63) is 30.0 Å². The largest absolute Gasteiger partial charge is 0.347 e. The zero-order chi connectivity index (χ0) is 14.4. The third kappa shape index (κ3) is 2.12. The van der Waals surface area contributed by atoms with Crippen molar-refractivity contribution in [2.45, 2.75) is 31.8 Å². The number of aromatic amines is 1. The molecule has 21 heavy (non-hydrogen) atoms. The molecule has 0 radical (unpaired) electrons. The number of H-pyrrole nitrogens is 1. The molecule has 0 saturated carbocycles. The molecule has 3 fully saturated rings. The molecule has 0 spiro atoms. The first-order valence-electron chi connectivity index (χ1n) is 7.70. The Bertz CT molecular complexity index is 670. The first-order chi connectivity index (χ1) is 10.2. The van der Waals surface area contributed by atoms with Gasteiger partial charge in [-0.3, -0.25) is 14.8 Å². The molecule has 0 unspecified atom stereocenters. The molecule has 5 nitrogen and oxygen atoms in total. The summed E-state index contributed by atoms with van der Waals surface area (Å²) >= 11 is 0. The lowest BCUT2D eigenvalue weighted by atomic mass is 9.79. The molecule has 2 aromatic rings. The predicted molar refractivity (Wildman–Crippen MR) is 81.1 cm³/mol. The highest BCUT2D eigenvalue weighted by Gasteiger charge is 2.40. The van der Waals surface area contributed by atoms with E-state index in [0.717, 1.165) is 10.9 Å². The van der Waals surface area contributed by atoms with Crippen LogP contribution in [0.2, 0.25) is 0 Å². The first-order valence-corrected chi connectivity index (χ1v) is 7.70. The Morgan fingerprint density at radius 2 is 2.19 bits per heavy atom. The molecule has 3 aliphatic heterocycles. The summed E-state index contributed by atoms with van der Waals surface area (Å²) in [5.74, 6) is 0.662. The molecule has 110 valence electrons. The Morgan fingerprint density at radius 3 is 2.95 bits per heavy atom. The third-order valence-electron chi connectivity index (χ3n) is 5.18. The minimum atomic E-state index is 0.0312. The molecule has 4 heterocycles. The van der Waals surface area contributed by atoms with Gasteiger partial charge < -0.3 is 5.32 Å². The lowest BCUT2D eigenvalue weighted by Gasteiger charge is -2.49. The standard InChI is InChI=1S/C16H20N4O/c1-10-15(11-4-6-20(10)7-5-11)18-16(21)12-2-3-14-13(8-12)9-17-19-14/h2-3,8-11,15H,4-7H2,1H3,(H,17,19)(H,18,21)/t10-,15-/m0/s1. The quantitative estimate of drug-likeness (QED) is 0.883. The fraction of sp³-hybridized carbons (Fsp3) is 0.500. The van der Waals surface area contributed by atoms with E-state index in [4.69, 9.17) is 0 Å². The fourth-order valence-electron chi connectivity index (χ4n) is 3.86. The zero-order valence-electron chi connectivity index (χ0n) is 12.2. The van der Waals surface area contributed by atoms with E-state index in [1.54, 1.807) is 6.20 Å². The number of hydrogen-bond donors (Lipinski definition) is 2. The molecule has 3 saturated heterocycles. The number of nitrogens with one attached hydrogen (secondary N) is 2. The van der Waals surface area contributed by atoms with E-state index >= 15 is 0 Å². The lowest BCUT2D eigenvalue weighted by Crippen LogP contribution is -2.62. The number of rotatable bonds is 2. The summed E-state index contributed by atoms with van der Waals surface area (Å²) in [7, 11) is 0. The molecule has 2 bridgehead atoms. The Labute approximate surface area is 123 Å². The van der Waals surface area contributed by atoms with Gasteiger partial charge in [-0.25, -0.2) is 0 Å². The van der Waals surface area contributed by atoms with Gasteiger partial charge in [0.2, 0.25) is 0 Å². The van der Waals surface area contributed by atoms with Crippen LogP contribution >= 0.6 is 0 Å². The Kier molecular flexibility index (Phi) is 2.96. The smallest absolute Gasteiger partial charge is 0.251 e. The average Bonchev–Trinajstić information content (AvgIpc) is 2.98. The van der Waals surface area contributed by atoms with Gasteiger partial charge in [-0.15, -0.1) is 0 Å². The number of amides is 1. The number of hydrogen-bond acceptors (Lipinski definition) is 3. The highest BCUT2D eigenvalue weighted by atomic mass is 16.1. The molecular weight excluding hydrogens is 264 g/mol. The molecule has 1 aromatic carbocycles. The number of carbonyl (C=O) groups is 1. The molecule has 2 atom stereocenters. The number of carbonyl (C=O) groups excluding carboxylic acids is 1. The highest BCUT2D eigenvalue weighted by molar-refractivity contribution is 5.98. The van der Waals surface area contributed by atoms with Gasteiger partial charge in [-0.2, -0.15) is 5.10 Å². The fourth-order valence-corrected chi connectivity index (χ4v) is 3.86. The van der Waals surface area contributed by atoms with E-state index in [-0.39, 0.29) is 11.9 Å². The number of fused-ring (bicyclic) bond motifs is 4. The summed E-state index contributed by atoms with van der Waals surface area (Å²) < 4.78 is 0. The number of nitrogens with zero attached hydrogens (tertiary/aromatic N) is 2. The Hall–Kier alpha value is -1.88. The molecular formula is C16H20N4O. The van der Waals surface area contributed by atoms with Crippen molar-refractivity contribution in [1.82, 2.24) is 20.4 Å². The van der Waals surface area contributed by atoms with Gasteiger partial charge in [-0.1, -0.05) is 0 Å². The van der Waals surface area contributed by atoms with Crippen LogP contribution in [0.15, 0.2) is 24.4 Å². The number of piperidine rings is 3. The van der Waals surface area contributed by atoms with Crippen LogP contribution in [-0.2, 0) is 0 Å². The summed E-state index contributed by atoms with van der Waals surface area (Å²) in [6.07, 6.45) is 4.16. The summed E-state index contributed by atoms with van der Waals surface area (Å²) in [4.78, 5) is 15.0. The van der Waals surface area contributed by atoms with Crippen LogP contribution in [0.1, 0.15) is 30.1 Å². The number of benzene rings is 1. The first kappa shape index (κ1) is 12.8. The molecule has 2 N–H and O–H groups in total. The van der Waals surface area contributed by atoms with Crippen LogP contribution in [0.4, 0.5) is 0 Å². The maximum Gasteiger partial charge on any atom is 0.251 e. The van der Waals surface area contributed by atoms with E-state index in [0.29, 0.717) is 17.5 Å². The van der Waals surface area contributed by atoms with Crippen molar-refractivity contribution in [2.24, 2.45) is 5.92 Å². The number of aromatic nitrogens is 2. The van der Waals surface area contributed by atoms with Crippen LogP contribution in [0.25, 0.3) is 10.9 Å². The minimum Gasteiger partial charge on any atom is -0.347 e. The predicted octanol–water partition coefficient (Wildman–Crippen LogP) is 1.78. The maximum atomic E-state index is 12.5. The summed E-state index contributed by atoms with van der Waals surface area (Å²) in [5, 5.41) is 11.1. The Balaban J connectivity index is 1.54. The molecule has 3 aliphatic rings. The molecule has 5 heteroatoms. The minimum absolute atomic E-state index is 0.0312. The van der Waals surface area contributed by atoms with Gasteiger partial charge in [0, 0.05) is 23.0 Å². The molecule has 1 aromatic heterocycles. The maximum absolute atomic E-state index is 12.5. The molecule has 1 amide bonds. The van der Waals surface area contributed by atoms with E-state index in [1.165, 1.54) is 25.9 Å². The van der Waals surface area contributed by atoms with Crippen molar-refractivity contribution in [3.8, 4) is 0 Å².